The van der Waals surface area contributed by atoms with Crippen LogP contribution in [0.15, 0.2) is 10.2 Å². The number of hydrogen-bond acceptors (Lipinski definition) is 2. The van der Waals surface area contributed by atoms with E-state index in [1.807, 2.05) is 10.2 Å². The molecule has 0 heterocycles. The number of carbonyl (C=O) groups excluding carboxylic acids is 1. The van der Waals surface area contributed by atoms with Gasteiger partial charge in [0.2, 0.25) is 0 Å². The summed E-state index contributed by atoms with van der Waals surface area (Å²) in [5.41, 5.74) is 0. The van der Waals surface area contributed by atoms with E-state index in [9.17, 15) is 4.79 Å². The second-order valence-electron chi connectivity index (χ2n) is 1.83. The zero-order valence-electron chi connectivity index (χ0n) is 5.97. The van der Waals surface area contributed by atoms with Gasteiger partial charge >= 0.3 is 5.97 Å². The molecular weight excluding hydrogens is 243 g/mol. The smallest absolute Gasteiger partial charge is 0.305 e. The van der Waals surface area contributed by atoms with Crippen LogP contribution < -0.4 is 0 Å². The number of rotatable bonds is 4. The lowest BCUT2D eigenvalue weighted by atomic mass is 10.2. The highest BCUT2D eigenvalue weighted by Gasteiger charge is 1.96. The quantitative estimate of drug-likeness (QED) is 0.437. The molecule has 2 nitrogen and oxygen atoms in total. The average molecular weight is 254 g/mol. The van der Waals surface area contributed by atoms with E-state index >= 15 is 0 Å². The molecule has 0 aliphatic heterocycles. The van der Waals surface area contributed by atoms with Crippen molar-refractivity contribution >= 4 is 28.6 Å². The Morgan fingerprint density at radius 1 is 1.70 bits per heavy atom. The lowest BCUT2D eigenvalue weighted by Gasteiger charge is -1.94. The van der Waals surface area contributed by atoms with Crippen molar-refractivity contribution in [2.45, 2.75) is 19.3 Å². The predicted octanol–water partition coefficient (Wildman–Crippen LogP) is 2.28. The molecule has 0 aromatic heterocycles. The number of unbranched alkanes of at least 4 members (excludes halogenated alkanes) is 1. The van der Waals surface area contributed by atoms with Crippen LogP contribution in [0.25, 0.3) is 0 Å². The zero-order chi connectivity index (χ0) is 7.82. The van der Waals surface area contributed by atoms with Gasteiger partial charge in [0.05, 0.1) is 7.11 Å². The third-order valence-corrected chi connectivity index (χ3v) is 1.58. The molecule has 0 aliphatic carbocycles. The van der Waals surface area contributed by atoms with Crippen molar-refractivity contribution in [3.8, 4) is 0 Å². The second kappa shape index (κ2) is 7.05. The Balaban J connectivity index is 3.11. The van der Waals surface area contributed by atoms with Crippen molar-refractivity contribution in [1.82, 2.24) is 0 Å². The number of methoxy groups -OCH3 is 1. The van der Waals surface area contributed by atoms with Crippen LogP contribution in [0, 0.1) is 0 Å². The summed E-state index contributed by atoms with van der Waals surface area (Å²) in [4.78, 5) is 10.5. The Kier molecular flexibility index (Phi) is 7.01. The summed E-state index contributed by atoms with van der Waals surface area (Å²) in [5, 5.41) is 0. The minimum absolute atomic E-state index is 0.123. The summed E-state index contributed by atoms with van der Waals surface area (Å²) in [6.07, 6.45) is 4.39. The van der Waals surface area contributed by atoms with Crippen LogP contribution in [0.3, 0.4) is 0 Å². The predicted molar refractivity (Wildman–Crippen MR) is 49.0 cm³/mol. The lowest BCUT2D eigenvalue weighted by Crippen LogP contribution is -1.98. The van der Waals surface area contributed by atoms with Crippen LogP contribution in [-0.4, -0.2) is 13.1 Å². The summed E-state index contributed by atoms with van der Waals surface area (Å²) in [5.74, 6) is -0.123. The largest absolute Gasteiger partial charge is 0.469 e. The monoisotopic (exact) mass is 254 g/mol. The zero-order valence-corrected chi connectivity index (χ0v) is 8.13. The first-order valence-corrected chi connectivity index (χ1v) is 4.38. The minimum atomic E-state index is -0.123. The van der Waals surface area contributed by atoms with Gasteiger partial charge in [-0.05, 0) is 16.9 Å². The highest BCUT2D eigenvalue weighted by molar-refractivity contribution is 14.1. The first kappa shape index (κ1) is 9.94. The van der Waals surface area contributed by atoms with Crippen LogP contribution >= 0.6 is 22.6 Å². The normalized spacial score (nSPS) is 10.2. The topological polar surface area (TPSA) is 26.3 Å². The van der Waals surface area contributed by atoms with Crippen molar-refractivity contribution in [3.63, 3.8) is 0 Å². The molecule has 0 saturated heterocycles. The molecule has 0 aromatic rings. The molecule has 0 amide bonds. The van der Waals surface area contributed by atoms with Crippen molar-refractivity contribution in [1.29, 1.82) is 0 Å². The molecule has 0 saturated carbocycles. The summed E-state index contributed by atoms with van der Waals surface area (Å²) in [6.45, 7) is 0. The number of esters is 1. The van der Waals surface area contributed by atoms with Gasteiger partial charge in [-0.25, -0.2) is 0 Å². The molecule has 0 bridgehead atoms. The number of carbonyl (C=O) groups is 1. The van der Waals surface area contributed by atoms with Crippen LogP contribution in [0.4, 0.5) is 0 Å². The molecule has 0 aliphatic rings. The molecule has 0 N–H and O–H groups in total. The number of halogens is 1. The Bertz CT molecular complexity index is 121. The highest BCUT2D eigenvalue weighted by atomic mass is 127. The fourth-order valence-corrected chi connectivity index (χ4v) is 0.889. The second-order valence-corrected chi connectivity index (χ2v) is 2.55. The van der Waals surface area contributed by atoms with E-state index in [-0.39, 0.29) is 5.97 Å². The summed E-state index contributed by atoms with van der Waals surface area (Å²) in [6, 6.07) is 0. The van der Waals surface area contributed by atoms with Gasteiger partial charge in [-0.15, -0.1) is 0 Å². The van der Waals surface area contributed by atoms with Crippen molar-refractivity contribution < 1.29 is 9.53 Å². The van der Waals surface area contributed by atoms with E-state index in [1.54, 1.807) is 0 Å². The van der Waals surface area contributed by atoms with Gasteiger partial charge in [-0.1, -0.05) is 28.7 Å². The standard InChI is InChI=1S/C7H11IO2/c1-10-7(9)5-3-2-4-6-8/h4,6H,2-3,5H2,1H3/b6-4+. The minimum Gasteiger partial charge on any atom is -0.469 e. The Morgan fingerprint density at radius 3 is 2.90 bits per heavy atom. The van der Waals surface area contributed by atoms with Crippen LogP contribution in [0.2, 0.25) is 0 Å². The third-order valence-electron chi connectivity index (χ3n) is 1.07. The Labute approximate surface area is 74.8 Å². The fraction of sp³-hybridized carbons (Fsp3) is 0.571. The summed E-state index contributed by atoms with van der Waals surface area (Å²) >= 11 is 2.16. The van der Waals surface area contributed by atoms with Gasteiger partial charge in [0.25, 0.3) is 0 Å². The maximum Gasteiger partial charge on any atom is 0.305 e. The molecule has 0 atom stereocenters. The van der Waals surface area contributed by atoms with Gasteiger partial charge in [-0.2, -0.15) is 0 Å². The van der Waals surface area contributed by atoms with Gasteiger partial charge in [0.1, 0.15) is 0 Å². The fourth-order valence-electron chi connectivity index (χ4n) is 0.529. The maximum absolute atomic E-state index is 10.5. The molecular formula is C7H11IO2. The van der Waals surface area contributed by atoms with Crippen LogP contribution in [0.5, 0.6) is 0 Å². The summed E-state index contributed by atoms with van der Waals surface area (Å²) < 4.78 is 6.42. The van der Waals surface area contributed by atoms with E-state index < -0.39 is 0 Å². The molecule has 3 heteroatoms. The molecule has 0 aromatic carbocycles. The maximum atomic E-state index is 10.5. The number of ether oxygens (including phenoxy) is 1. The number of hydrogen-bond donors (Lipinski definition) is 0. The van der Waals surface area contributed by atoms with Gasteiger partial charge in [0.15, 0.2) is 0 Å². The van der Waals surface area contributed by atoms with E-state index in [0.29, 0.717) is 6.42 Å². The van der Waals surface area contributed by atoms with Crippen molar-refractivity contribution in [2.24, 2.45) is 0 Å². The van der Waals surface area contributed by atoms with Crippen molar-refractivity contribution in [3.05, 3.63) is 10.2 Å². The van der Waals surface area contributed by atoms with E-state index in [0.717, 1.165) is 12.8 Å². The molecule has 10 heavy (non-hydrogen) atoms. The molecule has 0 fully saturated rings. The van der Waals surface area contributed by atoms with Crippen LogP contribution in [0.1, 0.15) is 19.3 Å². The number of allylic oxidation sites excluding steroid dienone is 1. The first-order chi connectivity index (χ1) is 4.81. The summed E-state index contributed by atoms with van der Waals surface area (Å²) in [7, 11) is 1.41. The average Bonchev–Trinajstić information content (AvgIpc) is 1.98. The Hall–Kier alpha value is -0.0600. The van der Waals surface area contributed by atoms with Gasteiger partial charge in [-0.3, -0.25) is 4.79 Å². The van der Waals surface area contributed by atoms with Crippen LogP contribution in [-0.2, 0) is 9.53 Å². The van der Waals surface area contributed by atoms with Crippen molar-refractivity contribution in [2.75, 3.05) is 7.11 Å². The molecule has 0 spiro atoms. The van der Waals surface area contributed by atoms with E-state index in [2.05, 4.69) is 27.3 Å². The van der Waals surface area contributed by atoms with E-state index in [1.165, 1.54) is 7.11 Å². The SMILES string of the molecule is COC(=O)CCC/C=C/I. The van der Waals surface area contributed by atoms with Gasteiger partial charge < -0.3 is 4.74 Å². The van der Waals surface area contributed by atoms with E-state index in [4.69, 9.17) is 0 Å². The first-order valence-electron chi connectivity index (χ1n) is 3.13. The molecule has 0 radical (unpaired) electrons. The molecule has 58 valence electrons. The third kappa shape index (κ3) is 6.07. The molecule has 0 rings (SSSR count). The Morgan fingerprint density at radius 2 is 2.40 bits per heavy atom. The molecule has 0 unspecified atom stereocenters. The van der Waals surface area contributed by atoms with Gasteiger partial charge in [0, 0.05) is 6.42 Å². The highest BCUT2D eigenvalue weighted by Crippen LogP contribution is 1.99. The lowest BCUT2D eigenvalue weighted by molar-refractivity contribution is -0.140.